The summed E-state index contributed by atoms with van der Waals surface area (Å²) in [6.07, 6.45) is 7.19. The van der Waals surface area contributed by atoms with Crippen molar-refractivity contribution in [1.29, 1.82) is 0 Å². The lowest BCUT2D eigenvalue weighted by Gasteiger charge is -2.34. The molecule has 0 aromatic carbocycles. The summed E-state index contributed by atoms with van der Waals surface area (Å²) in [6, 6.07) is 1.90. The van der Waals surface area contributed by atoms with Gasteiger partial charge >= 0.3 is 5.97 Å². The number of nitrogens with zero attached hydrogens (tertiary/aromatic N) is 1. The van der Waals surface area contributed by atoms with E-state index < -0.39 is 5.97 Å². The molecule has 1 fully saturated rings. The number of fused-ring (bicyclic) bond motifs is 1. The number of carbonyl (C=O) groups excluding carboxylic acids is 1. The van der Waals surface area contributed by atoms with E-state index in [0.717, 1.165) is 29.2 Å². The maximum absolute atomic E-state index is 12.9. The number of hydrogen-bond donors (Lipinski definition) is 1. The van der Waals surface area contributed by atoms with E-state index in [4.69, 9.17) is 5.11 Å². The van der Waals surface area contributed by atoms with Crippen molar-refractivity contribution in [1.82, 2.24) is 4.90 Å². The highest BCUT2D eigenvalue weighted by atomic mass is 32.2. The number of carbonyl (C=O) groups is 2. The summed E-state index contributed by atoms with van der Waals surface area (Å²) in [5.41, 5.74) is 1.35. The van der Waals surface area contributed by atoms with Crippen molar-refractivity contribution < 1.29 is 14.7 Å². The van der Waals surface area contributed by atoms with Gasteiger partial charge in [0.1, 0.15) is 0 Å². The van der Waals surface area contributed by atoms with Crippen molar-refractivity contribution >= 4 is 35.0 Å². The third-order valence-corrected chi connectivity index (χ3v) is 6.92. The Morgan fingerprint density at radius 1 is 1.22 bits per heavy atom. The molecule has 1 saturated heterocycles. The number of amides is 1. The molecule has 0 bridgehead atoms. The molecule has 2 heterocycles. The van der Waals surface area contributed by atoms with E-state index in [9.17, 15) is 9.59 Å². The summed E-state index contributed by atoms with van der Waals surface area (Å²) >= 11 is 3.38. The van der Waals surface area contributed by atoms with Crippen molar-refractivity contribution in [2.45, 2.75) is 51.0 Å². The molecule has 1 aromatic rings. The quantitative estimate of drug-likeness (QED) is 0.904. The predicted octanol–water partition coefficient (Wildman–Crippen LogP) is 3.44. The molecule has 1 unspecified atom stereocenters. The van der Waals surface area contributed by atoms with Crippen LogP contribution < -0.4 is 0 Å². The molecule has 1 aliphatic heterocycles. The highest BCUT2D eigenvalue weighted by Gasteiger charge is 2.30. The van der Waals surface area contributed by atoms with Crippen LogP contribution in [0.25, 0.3) is 0 Å². The van der Waals surface area contributed by atoms with Crippen LogP contribution in [0.3, 0.4) is 0 Å². The topological polar surface area (TPSA) is 57.6 Å². The van der Waals surface area contributed by atoms with E-state index in [-0.39, 0.29) is 18.4 Å². The smallest absolute Gasteiger partial charge is 0.305 e. The summed E-state index contributed by atoms with van der Waals surface area (Å²) in [4.78, 5) is 27.9. The number of carboxylic acid groups (broad SMARTS) is 1. The van der Waals surface area contributed by atoms with E-state index in [1.165, 1.54) is 36.1 Å². The van der Waals surface area contributed by atoms with Crippen LogP contribution in [0.2, 0.25) is 0 Å². The Labute approximate surface area is 145 Å². The van der Waals surface area contributed by atoms with Crippen LogP contribution in [0.15, 0.2) is 6.07 Å². The fourth-order valence-corrected chi connectivity index (χ4v) is 5.66. The number of carboxylic acids is 1. The predicted molar refractivity (Wildman–Crippen MR) is 94.6 cm³/mol. The molecular weight excluding hydrogens is 330 g/mol. The maximum atomic E-state index is 12.9. The van der Waals surface area contributed by atoms with E-state index in [1.54, 1.807) is 28.0 Å². The first-order chi connectivity index (χ1) is 11.1. The minimum Gasteiger partial charge on any atom is -0.481 e. The number of aryl methyl sites for hydroxylation is 2. The van der Waals surface area contributed by atoms with Gasteiger partial charge in [-0.2, -0.15) is 11.8 Å². The zero-order valence-electron chi connectivity index (χ0n) is 13.3. The van der Waals surface area contributed by atoms with Crippen LogP contribution in [0, 0.1) is 0 Å². The largest absolute Gasteiger partial charge is 0.481 e. The molecule has 1 amide bonds. The van der Waals surface area contributed by atoms with Gasteiger partial charge in [-0.25, -0.2) is 0 Å². The first-order valence-electron chi connectivity index (χ1n) is 8.37. The van der Waals surface area contributed by atoms with Gasteiger partial charge in [0, 0.05) is 22.9 Å². The Bertz CT molecular complexity index is 559. The van der Waals surface area contributed by atoms with Crippen LogP contribution in [0.1, 0.15) is 52.2 Å². The van der Waals surface area contributed by atoms with Crippen LogP contribution in [-0.4, -0.2) is 46.0 Å². The Balaban J connectivity index is 1.78. The standard InChI is InChI=1S/C17H23NO3S2/c19-16(20)10-13-11-22-8-7-18(13)17(21)15-9-12-5-3-1-2-4-6-14(12)23-15/h9,13H,1-8,10-11H2,(H,19,20). The minimum atomic E-state index is -0.825. The molecule has 1 atom stereocenters. The van der Waals surface area contributed by atoms with Gasteiger partial charge in [-0.15, -0.1) is 11.3 Å². The molecule has 6 heteroatoms. The first-order valence-corrected chi connectivity index (χ1v) is 10.3. The molecule has 1 aliphatic carbocycles. The van der Waals surface area contributed by atoms with Crippen molar-refractivity contribution in [3.63, 3.8) is 0 Å². The lowest BCUT2D eigenvalue weighted by atomic mass is 9.99. The Hall–Kier alpha value is -1.01. The molecule has 126 valence electrons. The lowest BCUT2D eigenvalue weighted by molar-refractivity contribution is -0.138. The third-order valence-electron chi connectivity index (χ3n) is 4.61. The number of thiophene rings is 1. The van der Waals surface area contributed by atoms with Gasteiger partial charge in [0.05, 0.1) is 17.3 Å². The number of thioether (sulfide) groups is 1. The first kappa shape index (κ1) is 16.8. The highest BCUT2D eigenvalue weighted by Crippen LogP contribution is 2.31. The van der Waals surface area contributed by atoms with E-state index in [1.807, 2.05) is 0 Å². The summed E-state index contributed by atoms with van der Waals surface area (Å²) in [5, 5.41) is 9.09. The second-order valence-corrected chi connectivity index (χ2v) is 8.59. The van der Waals surface area contributed by atoms with Gasteiger partial charge in [0.15, 0.2) is 0 Å². The molecule has 1 N–H and O–H groups in total. The van der Waals surface area contributed by atoms with Crippen LogP contribution >= 0.6 is 23.1 Å². The number of hydrogen-bond acceptors (Lipinski definition) is 4. The average Bonchev–Trinajstić information content (AvgIpc) is 2.89. The van der Waals surface area contributed by atoms with Crippen molar-refractivity contribution in [2.24, 2.45) is 0 Å². The Morgan fingerprint density at radius 3 is 2.78 bits per heavy atom. The molecule has 0 radical (unpaired) electrons. The molecule has 3 rings (SSSR count). The van der Waals surface area contributed by atoms with Crippen molar-refractivity contribution in [3.05, 3.63) is 21.4 Å². The fraction of sp³-hybridized carbons (Fsp3) is 0.647. The molecule has 23 heavy (non-hydrogen) atoms. The zero-order chi connectivity index (χ0) is 16.2. The van der Waals surface area contributed by atoms with Gasteiger partial charge in [-0.3, -0.25) is 9.59 Å². The number of aliphatic carboxylic acids is 1. The minimum absolute atomic E-state index is 0.0355. The van der Waals surface area contributed by atoms with E-state index in [0.29, 0.717) is 6.54 Å². The van der Waals surface area contributed by atoms with Crippen molar-refractivity contribution in [3.8, 4) is 0 Å². The second-order valence-electron chi connectivity index (χ2n) is 6.30. The van der Waals surface area contributed by atoms with Crippen molar-refractivity contribution in [2.75, 3.05) is 18.1 Å². The summed E-state index contributed by atoms with van der Waals surface area (Å²) in [6.45, 7) is 0.657. The van der Waals surface area contributed by atoms with Gasteiger partial charge < -0.3 is 10.0 Å². The highest BCUT2D eigenvalue weighted by molar-refractivity contribution is 7.99. The molecule has 1 aromatic heterocycles. The molecule has 0 saturated carbocycles. The number of rotatable bonds is 3. The summed E-state index contributed by atoms with van der Waals surface area (Å²) < 4.78 is 0. The van der Waals surface area contributed by atoms with Gasteiger partial charge in [-0.1, -0.05) is 12.8 Å². The third kappa shape index (κ3) is 4.10. The van der Waals surface area contributed by atoms with Gasteiger partial charge in [0.2, 0.25) is 0 Å². The molecule has 0 spiro atoms. The monoisotopic (exact) mass is 353 g/mol. The zero-order valence-corrected chi connectivity index (χ0v) is 14.9. The fourth-order valence-electron chi connectivity index (χ4n) is 3.38. The second kappa shape index (κ2) is 7.71. The lowest BCUT2D eigenvalue weighted by Crippen LogP contribution is -2.46. The molecule has 2 aliphatic rings. The van der Waals surface area contributed by atoms with Crippen LogP contribution in [0.5, 0.6) is 0 Å². The van der Waals surface area contributed by atoms with E-state index in [2.05, 4.69) is 6.07 Å². The normalized spacial score (nSPS) is 22.1. The van der Waals surface area contributed by atoms with Crippen LogP contribution in [0.4, 0.5) is 0 Å². The maximum Gasteiger partial charge on any atom is 0.305 e. The van der Waals surface area contributed by atoms with Crippen LogP contribution in [-0.2, 0) is 17.6 Å². The summed E-state index contributed by atoms with van der Waals surface area (Å²) in [5.74, 6) is 0.831. The van der Waals surface area contributed by atoms with Gasteiger partial charge in [-0.05, 0) is 37.3 Å². The molecule has 4 nitrogen and oxygen atoms in total. The molecular formula is C17H23NO3S2. The summed E-state index contributed by atoms with van der Waals surface area (Å²) in [7, 11) is 0. The SMILES string of the molecule is O=C(O)CC1CSCCN1C(=O)c1cc2c(s1)CCCCCC2. The average molecular weight is 354 g/mol. The Kier molecular flexibility index (Phi) is 5.64. The Morgan fingerprint density at radius 2 is 2.00 bits per heavy atom. The van der Waals surface area contributed by atoms with E-state index >= 15 is 0 Å². The van der Waals surface area contributed by atoms with Gasteiger partial charge in [0.25, 0.3) is 5.91 Å².